The number of aliphatic imine (C=N–C) groups is 1. The van der Waals surface area contributed by atoms with Gasteiger partial charge in [0.05, 0.1) is 20.2 Å². The number of benzene rings is 1. The van der Waals surface area contributed by atoms with Crippen LogP contribution in [0.4, 0.5) is 4.79 Å². The van der Waals surface area contributed by atoms with E-state index >= 15 is 0 Å². The number of carbonyl (C=O) groups excluding carboxylic acids is 2. The van der Waals surface area contributed by atoms with Gasteiger partial charge in [0.1, 0.15) is 11.4 Å². The molecule has 0 saturated carbocycles. The van der Waals surface area contributed by atoms with Gasteiger partial charge in [-0.25, -0.2) is 9.79 Å². The van der Waals surface area contributed by atoms with Crippen molar-refractivity contribution in [3.8, 4) is 5.75 Å². The number of alkyl carbamates (subject to hydrolysis) is 1. The molecule has 1 aromatic carbocycles. The highest BCUT2D eigenvalue weighted by Gasteiger charge is 2.15. The maximum atomic E-state index is 11.9. The normalized spacial score (nSPS) is 11.1. The molecule has 10 heteroatoms. The van der Waals surface area contributed by atoms with Crippen LogP contribution < -0.4 is 20.7 Å². The number of nitrogens with zero attached hydrogens (tertiary/aromatic N) is 2. The molecule has 0 radical (unpaired) electrons. The van der Waals surface area contributed by atoms with Crippen LogP contribution in [0.25, 0.3) is 0 Å². The third-order valence-electron chi connectivity index (χ3n) is 3.80. The van der Waals surface area contributed by atoms with Gasteiger partial charge in [0.15, 0.2) is 5.96 Å². The van der Waals surface area contributed by atoms with Crippen molar-refractivity contribution in [2.24, 2.45) is 4.99 Å². The molecule has 0 heterocycles. The monoisotopic (exact) mass is 549 g/mol. The first-order valence-electron chi connectivity index (χ1n) is 9.93. The van der Waals surface area contributed by atoms with Crippen LogP contribution in [0.1, 0.15) is 32.8 Å². The van der Waals surface area contributed by atoms with Crippen molar-refractivity contribution in [3.63, 3.8) is 0 Å². The van der Waals surface area contributed by atoms with Crippen LogP contribution in [-0.2, 0) is 16.1 Å². The van der Waals surface area contributed by atoms with Crippen LogP contribution in [0.5, 0.6) is 5.75 Å². The summed E-state index contributed by atoms with van der Waals surface area (Å²) < 4.78 is 10.4. The topological polar surface area (TPSA) is 104 Å². The van der Waals surface area contributed by atoms with Gasteiger partial charge in [-0.2, -0.15) is 0 Å². The fraction of sp³-hybridized carbons (Fsp3) is 0.571. The van der Waals surface area contributed by atoms with Gasteiger partial charge in [0, 0.05) is 27.2 Å². The fourth-order valence-electron chi connectivity index (χ4n) is 2.19. The molecule has 0 atom stereocenters. The predicted octanol–water partition coefficient (Wildman–Crippen LogP) is 2.35. The lowest BCUT2D eigenvalue weighted by molar-refractivity contribution is -0.127. The van der Waals surface area contributed by atoms with E-state index in [1.54, 1.807) is 21.2 Å². The molecule has 2 amide bonds. The molecule has 0 aromatic heterocycles. The van der Waals surface area contributed by atoms with Crippen molar-refractivity contribution in [1.82, 2.24) is 20.9 Å². The Bertz CT molecular complexity index is 703. The van der Waals surface area contributed by atoms with E-state index in [9.17, 15) is 9.59 Å². The molecule has 0 bridgehead atoms. The van der Waals surface area contributed by atoms with Crippen molar-refractivity contribution in [1.29, 1.82) is 0 Å². The van der Waals surface area contributed by atoms with E-state index in [1.165, 1.54) is 4.90 Å². The van der Waals surface area contributed by atoms with Crippen molar-refractivity contribution in [3.05, 3.63) is 29.8 Å². The fourth-order valence-corrected chi connectivity index (χ4v) is 2.19. The second-order valence-corrected chi connectivity index (χ2v) is 7.86. The number of likely N-dealkylation sites (N-methyl/N-ethyl adjacent to an activating group) is 1. The highest BCUT2D eigenvalue weighted by molar-refractivity contribution is 14.0. The number of carbonyl (C=O) groups is 2. The minimum Gasteiger partial charge on any atom is -0.497 e. The molecular formula is C21H36IN5O4. The smallest absolute Gasteiger partial charge is 0.407 e. The number of guanidine groups is 1. The second kappa shape index (κ2) is 14.7. The van der Waals surface area contributed by atoms with E-state index in [1.807, 2.05) is 45.0 Å². The Labute approximate surface area is 202 Å². The van der Waals surface area contributed by atoms with E-state index in [0.29, 0.717) is 32.0 Å². The predicted molar refractivity (Wildman–Crippen MR) is 133 cm³/mol. The van der Waals surface area contributed by atoms with Gasteiger partial charge < -0.3 is 30.3 Å². The number of amides is 2. The van der Waals surface area contributed by atoms with Crippen LogP contribution in [-0.4, -0.2) is 69.3 Å². The van der Waals surface area contributed by atoms with E-state index in [4.69, 9.17) is 9.47 Å². The van der Waals surface area contributed by atoms with Gasteiger partial charge in [-0.3, -0.25) is 4.79 Å². The lowest BCUT2D eigenvalue weighted by atomic mass is 10.2. The Kier molecular flexibility index (Phi) is 13.6. The molecule has 0 spiro atoms. The minimum absolute atomic E-state index is 0. The second-order valence-electron chi connectivity index (χ2n) is 7.86. The summed E-state index contributed by atoms with van der Waals surface area (Å²) in [5.74, 6) is 1.26. The van der Waals surface area contributed by atoms with Crippen LogP contribution in [0.15, 0.2) is 29.3 Å². The zero-order valence-corrected chi connectivity index (χ0v) is 21.6. The molecule has 0 aliphatic heterocycles. The Morgan fingerprint density at radius 1 is 1.03 bits per heavy atom. The van der Waals surface area contributed by atoms with Crippen LogP contribution in [0.3, 0.4) is 0 Å². The lowest BCUT2D eigenvalue weighted by Gasteiger charge is -2.19. The quantitative estimate of drug-likeness (QED) is 0.189. The highest BCUT2D eigenvalue weighted by atomic mass is 127. The summed E-state index contributed by atoms with van der Waals surface area (Å²) in [6.45, 7) is 7.08. The summed E-state index contributed by atoms with van der Waals surface area (Å²) in [6.07, 6.45) is 0.231. The zero-order valence-electron chi connectivity index (χ0n) is 19.3. The van der Waals surface area contributed by atoms with Crippen molar-refractivity contribution in [2.75, 3.05) is 40.8 Å². The zero-order chi connectivity index (χ0) is 22.6. The average Bonchev–Trinajstić information content (AvgIpc) is 2.67. The molecule has 1 rings (SSSR count). The molecule has 3 N–H and O–H groups in total. The molecule has 176 valence electrons. The third-order valence-corrected chi connectivity index (χ3v) is 3.80. The van der Waals surface area contributed by atoms with Gasteiger partial charge in [0.25, 0.3) is 0 Å². The Hall–Kier alpha value is -2.24. The first kappa shape index (κ1) is 28.8. The van der Waals surface area contributed by atoms with E-state index in [0.717, 1.165) is 11.3 Å². The van der Waals surface area contributed by atoms with Crippen LogP contribution in [0, 0.1) is 0 Å². The molecule has 0 fully saturated rings. The summed E-state index contributed by atoms with van der Waals surface area (Å²) in [5.41, 5.74) is 0.495. The maximum absolute atomic E-state index is 11.9. The van der Waals surface area contributed by atoms with Gasteiger partial charge >= 0.3 is 6.09 Å². The van der Waals surface area contributed by atoms with E-state index < -0.39 is 11.7 Å². The molecule has 1 aromatic rings. The summed E-state index contributed by atoms with van der Waals surface area (Å²) in [5, 5.41) is 8.93. The molecule has 9 nitrogen and oxygen atoms in total. The van der Waals surface area contributed by atoms with Gasteiger partial charge in [-0.15, -0.1) is 24.0 Å². The first-order chi connectivity index (χ1) is 14.1. The molecule has 0 aliphatic carbocycles. The number of halogens is 1. The molecular weight excluding hydrogens is 513 g/mol. The Balaban J connectivity index is 0.00000900. The highest BCUT2D eigenvalue weighted by Crippen LogP contribution is 2.11. The van der Waals surface area contributed by atoms with Crippen molar-refractivity contribution in [2.45, 2.75) is 39.3 Å². The van der Waals surface area contributed by atoms with Gasteiger partial charge in [0.2, 0.25) is 5.91 Å². The summed E-state index contributed by atoms with van der Waals surface area (Å²) >= 11 is 0. The van der Waals surface area contributed by atoms with E-state index in [-0.39, 0.29) is 36.4 Å². The van der Waals surface area contributed by atoms with Gasteiger partial charge in [-0.05, 0) is 44.9 Å². The molecule has 31 heavy (non-hydrogen) atoms. The maximum Gasteiger partial charge on any atom is 0.407 e. The number of hydrogen-bond donors (Lipinski definition) is 3. The number of nitrogens with one attached hydrogen (secondary N) is 3. The Morgan fingerprint density at radius 3 is 2.19 bits per heavy atom. The molecule has 0 unspecified atom stereocenters. The number of ether oxygens (including phenoxy) is 2. The Morgan fingerprint density at radius 2 is 1.65 bits per heavy atom. The number of methoxy groups -OCH3 is 1. The van der Waals surface area contributed by atoms with Crippen LogP contribution >= 0.6 is 24.0 Å². The van der Waals surface area contributed by atoms with E-state index in [2.05, 4.69) is 20.9 Å². The van der Waals surface area contributed by atoms with Crippen molar-refractivity contribution >= 4 is 41.9 Å². The first-order valence-corrected chi connectivity index (χ1v) is 9.93. The average molecular weight is 549 g/mol. The summed E-state index contributed by atoms with van der Waals surface area (Å²) in [4.78, 5) is 29.6. The summed E-state index contributed by atoms with van der Waals surface area (Å²) in [6, 6.07) is 7.64. The molecule has 0 saturated heterocycles. The third kappa shape index (κ3) is 13.6. The lowest BCUT2D eigenvalue weighted by Crippen LogP contribution is -2.43. The summed E-state index contributed by atoms with van der Waals surface area (Å²) in [7, 11) is 5.03. The standard InChI is InChI=1S/C21H35N5O4.HI/c1-21(2,3)30-20(28)23-13-7-12-22-19(25-15-18(27)26(4)5)24-14-16-8-10-17(29-6)11-9-16;/h8-11H,7,12-15H2,1-6H3,(H,23,28)(H2,22,24,25);1H. The number of rotatable bonds is 9. The minimum atomic E-state index is -0.521. The number of hydrogen-bond acceptors (Lipinski definition) is 5. The van der Waals surface area contributed by atoms with Crippen molar-refractivity contribution < 1.29 is 19.1 Å². The van der Waals surface area contributed by atoms with Gasteiger partial charge in [-0.1, -0.05) is 12.1 Å². The van der Waals surface area contributed by atoms with Crippen LogP contribution in [0.2, 0.25) is 0 Å². The molecule has 0 aliphatic rings. The SMILES string of the molecule is COc1ccc(CN=C(NCCCNC(=O)OC(C)(C)C)NCC(=O)N(C)C)cc1.I. The largest absolute Gasteiger partial charge is 0.497 e.